The maximum absolute atomic E-state index is 13.1. The summed E-state index contributed by atoms with van der Waals surface area (Å²) < 4.78 is 19.0. The van der Waals surface area contributed by atoms with E-state index in [2.05, 4.69) is 34.5 Å². The van der Waals surface area contributed by atoms with Crippen molar-refractivity contribution in [3.63, 3.8) is 0 Å². The Morgan fingerprint density at radius 3 is 2.52 bits per heavy atom. The van der Waals surface area contributed by atoms with Crippen LogP contribution in [0.4, 0.5) is 4.39 Å². The van der Waals surface area contributed by atoms with Gasteiger partial charge in [0.05, 0.1) is 6.67 Å². The molecule has 0 radical (unpaired) electrons. The molecule has 1 saturated heterocycles. The molecule has 0 aliphatic carbocycles. The summed E-state index contributed by atoms with van der Waals surface area (Å²) in [4.78, 5) is 2.37. The zero-order valence-corrected chi connectivity index (χ0v) is 15.2. The minimum absolute atomic E-state index is 0. The summed E-state index contributed by atoms with van der Waals surface area (Å²) in [5.74, 6) is 0.843. The van der Waals surface area contributed by atoms with E-state index in [1.54, 1.807) is 0 Å². The van der Waals surface area contributed by atoms with Gasteiger partial charge in [-0.3, -0.25) is 9.29 Å². The summed E-state index contributed by atoms with van der Waals surface area (Å²) in [6, 6.07) is 18.4. The normalized spacial score (nSPS) is 16.0. The smallest absolute Gasteiger partial charge is 0.120 e. The number of piperazine rings is 1. The zero-order chi connectivity index (χ0) is 16.6. The molecule has 25 heavy (non-hydrogen) atoms. The molecular weight excluding hydrogens is 339 g/mol. The van der Waals surface area contributed by atoms with Gasteiger partial charge in [-0.1, -0.05) is 42.5 Å². The van der Waals surface area contributed by atoms with E-state index in [1.165, 1.54) is 0 Å². The van der Waals surface area contributed by atoms with E-state index in [0.717, 1.165) is 43.1 Å². The van der Waals surface area contributed by atoms with Crippen LogP contribution in [-0.4, -0.2) is 37.8 Å². The minimum Gasteiger partial charge on any atom is -0.489 e. The van der Waals surface area contributed by atoms with Gasteiger partial charge in [0.2, 0.25) is 0 Å². The molecule has 2 aromatic carbocycles. The monoisotopic (exact) mass is 364 g/mol. The average Bonchev–Trinajstić information content (AvgIpc) is 2.66. The van der Waals surface area contributed by atoms with Crippen LogP contribution in [0.5, 0.6) is 5.75 Å². The number of nitrogens with one attached hydrogen (secondary N) is 1. The predicted molar refractivity (Wildman–Crippen MR) is 102 cm³/mol. The fourth-order valence-corrected chi connectivity index (χ4v) is 3.21. The van der Waals surface area contributed by atoms with Gasteiger partial charge in [0, 0.05) is 32.2 Å². The van der Waals surface area contributed by atoms with E-state index >= 15 is 0 Å². The molecule has 3 rings (SSSR count). The van der Waals surface area contributed by atoms with Crippen LogP contribution in [-0.2, 0) is 6.61 Å². The van der Waals surface area contributed by atoms with Crippen LogP contribution in [0.2, 0.25) is 0 Å². The van der Waals surface area contributed by atoms with Gasteiger partial charge in [0.25, 0.3) is 0 Å². The third-order valence-corrected chi connectivity index (χ3v) is 4.47. The van der Waals surface area contributed by atoms with Gasteiger partial charge < -0.3 is 10.1 Å². The third-order valence-electron chi connectivity index (χ3n) is 4.47. The van der Waals surface area contributed by atoms with E-state index in [1.807, 2.05) is 30.3 Å². The van der Waals surface area contributed by atoms with Gasteiger partial charge in [0.1, 0.15) is 12.4 Å². The van der Waals surface area contributed by atoms with Gasteiger partial charge in [0.15, 0.2) is 0 Å². The van der Waals surface area contributed by atoms with Gasteiger partial charge in [-0.15, -0.1) is 12.4 Å². The summed E-state index contributed by atoms with van der Waals surface area (Å²) in [6.45, 7) is 4.09. The molecule has 1 fully saturated rings. The van der Waals surface area contributed by atoms with Gasteiger partial charge in [-0.25, -0.2) is 0 Å². The summed E-state index contributed by atoms with van der Waals surface area (Å²) in [5.41, 5.74) is 2.28. The van der Waals surface area contributed by atoms with Crippen molar-refractivity contribution in [1.82, 2.24) is 10.2 Å². The SMILES string of the molecule is Cl.FCC[C@H](c1cccc(OCc2ccccc2)c1)N1CCNCC1. The third kappa shape index (κ3) is 5.70. The lowest BCUT2D eigenvalue weighted by molar-refractivity contribution is 0.157. The van der Waals surface area contributed by atoms with Crippen LogP contribution in [0.3, 0.4) is 0 Å². The van der Waals surface area contributed by atoms with Crippen molar-refractivity contribution in [1.29, 1.82) is 0 Å². The summed E-state index contributed by atoms with van der Waals surface area (Å²) in [6.07, 6.45) is 0.530. The van der Waals surface area contributed by atoms with Crippen molar-refractivity contribution in [3.05, 3.63) is 65.7 Å². The van der Waals surface area contributed by atoms with E-state index in [0.29, 0.717) is 13.0 Å². The predicted octanol–water partition coefficient (Wildman–Crippen LogP) is 3.99. The highest BCUT2D eigenvalue weighted by Gasteiger charge is 2.22. The molecule has 2 aromatic rings. The molecule has 1 heterocycles. The molecule has 5 heteroatoms. The largest absolute Gasteiger partial charge is 0.489 e. The minimum atomic E-state index is -0.302. The molecular formula is C20H26ClFN2O. The van der Waals surface area contributed by atoms with Gasteiger partial charge in [-0.2, -0.15) is 0 Å². The molecule has 136 valence electrons. The first-order valence-electron chi connectivity index (χ1n) is 8.64. The van der Waals surface area contributed by atoms with Crippen LogP contribution < -0.4 is 10.1 Å². The lowest BCUT2D eigenvalue weighted by Crippen LogP contribution is -2.45. The molecule has 0 spiro atoms. The Morgan fingerprint density at radius 1 is 1.04 bits per heavy atom. The maximum atomic E-state index is 13.1. The first-order chi connectivity index (χ1) is 11.9. The Labute approximate surface area is 155 Å². The van der Waals surface area contributed by atoms with E-state index in [-0.39, 0.29) is 25.1 Å². The summed E-state index contributed by atoms with van der Waals surface area (Å²) >= 11 is 0. The van der Waals surface area contributed by atoms with Crippen molar-refractivity contribution >= 4 is 12.4 Å². The highest BCUT2D eigenvalue weighted by atomic mass is 35.5. The second kappa shape index (κ2) is 10.4. The number of hydrogen-bond acceptors (Lipinski definition) is 3. The Balaban J connectivity index is 0.00000225. The molecule has 1 aliphatic rings. The quantitative estimate of drug-likeness (QED) is 0.803. The van der Waals surface area contributed by atoms with E-state index < -0.39 is 0 Å². The number of alkyl halides is 1. The molecule has 0 aromatic heterocycles. The molecule has 0 unspecified atom stereocenters. The van der Waals surface area contributed by atoms with Crippen molar-refractivity contribution in [3.8, 4) is 5.75 Å². The molecule has 1 atom stereocenters. The molecule has 3 nitrogen and oxygen atoms in total. The lowest BCUT2D eigenvalue weighted by atomic mass is 10.0. The molecule has 1 aliphatic heterocycles. The second-order valence-corrected chi connectivity index (χ2v) is 6.13. The number of hydrogen-bond donors (Lipinski definition) is 1. The fourth-order valence-electron chi connectivity index (χ4n) is 3.21. The Bertz CT molecular complexity index is 620. The fraction of sp³-hybridized carbons (Fsp3) is 0.400. The number of rotatable bonds is 7. The molecule has 1 N–H and O–H groups in total. The number of nitrogens with zero attached hydrogens (tertiary/aromatic N) is 1. The lowest BCUT2D eigenvalue weighted by Gasteiger charge is -2.35. The number of benzene rings is 2. The average molecular weight is 365 g/mol. The standard InChI is InChI=1S/C20H25FN2O.ClH/c21-10-9-20(23-13-11-22-12-14-23)18-7-4-8-19(15-18)24-16-17-5-2-1-3-6-17;/h1-8,15,20,22H,9-14,16H2;1H/t20-;/m1./s1. The molecule has 0 saturated carbocycles. The van der Waals surface area contributed by atoms with Crippen molar-refractivity contribution in [2.45, 2.75) is 19.1 Å². The van der Waals surface area contributed by atoms with Crippen LogP contribution in [0.15, 0.2) is 54.6 Å². The van der Waals surface area contributed by atoms with Crippen LogP contribution in [0, 0.1) is 0 Å². The van der Waals surface area contributed by atoms with E-state index in [9.17, 15) is 4.39 Å². The van der Waals surface area contributed by atoms with Crippen LogP contribution in [0.25, 0.3) is 0 Å². The highest BCUT2D eigenvalue weighted by Crippen LogP contribution is 2.28. The summed E-state index contributed by atoms with van der Waals surface area (Å²) in [7, 11) is 0. The molecule has 0 amide bonds. The first-order valence-corrected chi connectivity index (χ1v) is 8.64. The van der Waals surface area contributed by atoms with Crippen molar-refractivity contribution in [2.75, 3.05) is 32.9 Å². The second-order valence-electron chi connectivity index (χ2n) is 6.13. The van der Waals surface area contributed by atoms with Crippen molar-refractivity contribution in [2.24, 2.45) is 0 Å². The van der Waals surface area contributed by atoms with Gasteiger partial charge in [-0.05, 0) is 29.7 Å². The topological polar surface area (TPSA) is 24.5 Å². The number of ether oxygens (including phenoxy) is 1. The Morgan fingerprint density at radius 2 is 1.80 bits per heavy atom. The molecule has 0 bridgehead atoms. The maximum Gasteiger partial charge on any atom is 0.120 e. The van der Waals surface area contributed by atoms with Crippen LogP contribution >= 0.6 is 12.4 Å². The highest BCUT2D eigenvalue weighted by molar-refractivity contribution is 5.85. The summed E-state index contributed by atoms with van der Waals surface area (Å²) in [5, 5.41) is 3.35. The number of halogens is 2. The van der Waals surface area contributed by atoms with Crippen molar-refractivity contribution < 1.29 is 9.13 Å². The Kier molecular flexibility index (Phi) is 8.19. The van der Waals surface area contributed by atoms with Crippen LogP contribution in [0.1, 0.15) is 23.6 Å². The Hall–Kier alpha value is -1.62. The zero-order valence-electron chi connectivity index (χ0n) is 14.4. The van der Waals surface area contributed by atoms with Gasteiger partial charge >= 0.3 is 0 Å². The van der Waals surface area contributed by atoms with E-state index in [4.69, 9.17) is 4.74 Å². The first kappa shape index (κ1) is 19.7.